The number of carboxylic acid groups (broad SMARTS) is 1. The van der Waals surface area contributed by atoms with E-state index in [4.69, 9.17) is 9.84 Å². The van der Waals surface area contributed by atoms with Crippen LogP contribution < -0.4 is 0 Å². The third-order valence-electron chi connectivity index (χ3n) is 8.88. The predicted molar refractivity (Wildman–Crippen MR) is 199 cm³/mol. The highest BCUT2D eigenvalue weighted by molar-refractivity contribution is 5.69. The molecular formula is C42H76O4. The van der Waals surface area contributed by atoms with E-state index in [1.807, 2.05) is 0 Å². The van der Waals surface area contributed by atoms with Crippen LogP contribution in [0.5, 0.6) is 0 Å². The summed E-state index contributed by atoms with van der Waals surface area (Å²) in [5, 5.41) is 8.69. The molecule has 0 saturated heterocycles. The van der Waals surface area contributed by atoms with Crippen molar-refractivity contribution in [1.29, 1.82) is 0 Å². The van der Waals surface area contributed by atoms with E-state index in [2.05, 4.69) is 50.3 Å². The van der Waals surface area contributed by atoms with Crippen LogP contribution >= 0.6 is 0 Å². The lowest BCUT2D eigenvalue weighted by Crippen LogP contribution is -2.18. The first-order chi connectivity index (χ1) is 22.6. The molecule has 1 atom stereocenters. The summed E-state index contributed by atoms with van der Waals surface area (Å²) in [5.41, 5.74) is 0. The van der Waals surface area contributed by atoms with Crippen molar-refractivity contribution in [2.24, 2.45) is 0 Å². The second kappa shape index (κ2) is 37.6. The van der Waals surface area contributed by atoms with Crippen LogP contribution in [0, 0.1) is 0 Å². The highest BCUT2D eigenvalue weighted by Crippen LogP contribution is 2.19. The Labute approximate surface area is 286 Å². The van der Waals surface area contributed by atoms with Gasteiger partial charge in [0.2, 0.25) is 0 Å². The van der Waals surface area contributed by atoms with E-state index in [1.54, 1.807) is 0 Å². The molecule has 0 fully saturated rings. The normalized spacial score (nSPS) is 12.6. The van der Waals surface area contributed by atoms with Crippen molar-refractivity contribution in [1.82, 2.24) is 0 Å². The van der Waals surface area contributed by atoms with Gasteiger partial charge in [0.1, 0.15) is 6.10 Å². The van der Waals surface area contributed by atoms with E-state index in [9.17, 15) is 9.59 Å². The minimum absolute atomic E-state index is 0.0291. The Morgan fingerprint density at radius 2 is 0.913 bits per heavy atom. The van der Waals surface area contributed by atoms with Crippen LogP contribution in [0.1, 0.15) is 213 Å². The SMILES string of the molecule is CC/C=C\C/C=C\C/C=C\CCCCCCCCCC(=O)OC(CCCCCC)CCCCCCCCCCCCCCC(=O)O. The van der Waals surface area contributed by atoms with Crippen LogP contribution in [0.25, 0.3) is 0 Å². The molecule has 4 nitrogen and oxygen atoms in total. The van der Waals surface area contributed by atoms with E-state index in [-0.39, 0.29) is 12.1 Å². The molecule has 46 heavy (non-hydrogen) atoms. The third-order valence-corrected chi connectivity index (χ3v) is 8.88. The van der Waals surface area contributed by atoms with E-state index < -0.39 is 5.97 Å². The quantitative estimate of drug-likeness (QED) is 0.0419. The smallest absolute Gasteiger partial charge is 0.306 e. The largest absolute Gasteiger partial charge is 0.481 e. The van der Waals surface area contributed by atoms with E-state index >= 15 is 0 Å². The van der Waals surface area contributed by atoms with Crippen molar-refractivity contribution in [3.63, 3.8) is 0 Å². The minimum atomic E-state index is -0.670. The van der Waals surface area contributed by atoms with Gasteiger partial charge in [0.15, 0.2) is 0 Å². The van der Waals surface area contributed by atoms with Crippen LogP contribution in [-0.4, -0.2) is 23.1 Å². The summed E-state index contributed by atoms with van der Waals surface area (Å²) in [6.45, 7) is 4.41. The topological polar surface area (TPSA) is 63.6 Å². The van der Waals surface area contributed by atoms with Gasteiger partial charge in [-0.25, -0.2) is 0 Å². The van der Waals surface area contributed by atoms with Gasteiger partial charge in [0.05, 0.1) is 0 Å². The average Bonchev–Trinajstić information content (AvgIpc) is 3.04. The van der Waals surface area contributed by atoms with Gasteiger partial charge in [-0.15, -0.1) is 0 Å². The fourth-order valence-corrected chi connectivity index (χ4v) is 5.96. The zero-order valence-corrected chi connectivity index (χ0v) is 30.6. The Morgan fingerprint density at radius 3 is 1.41 bits per heavy atom. The lowest BCUT2D eigenvalue weighted by Gasteiger charge is -2.18. The lowest BCUT2D eigenvalue weighted by atomic mass is 10.0. The van der Waals surface area contributed by atoms with Crippen molar-refractivity contribution < 1.29 is 19.4 Å². The molecule has 4 heteroatoms. The van der Waals surface area contributed by atoms with E-state index in [0.717, 1.165) is 57.8 Å². The monoisotopic (exact) mass is 645 g/mol. The summed E-state index contributed by atoms with van der Waals surface area (Å²) in [4.78, 5) is 23.1. The predicted octanol–water partition coefficient (Wildman–Crippen LogP) is 13.8. The van der Waals surface area contributed by atoms with Gasteiger partial charge < -0.3 is 9.84 Å². The lowest BCUT2D eigenvalue weighted by molar-refractivity contribution is -0.150. The Morgan fingerprint density at radius 1 is 0.500 bits per heavy atom. The maximum absolute atomic E-state index is 12.6. The van der Waals surface area contributed by atoms with Gasteiger partial charge in [-0.2, -0.15) is 0 Å². The maximum atomic E-state index is 12.6. The molecule has 0 saturated carbocycles. The average molecular weight is 645 g/mol. The standard InChI is InChI=1S/C42H76O4/c1-3-5-7-9-10-11-12-13-14-15-16-17-22-25-28-31-35-39-42(45)46-40(36-32-8-6-4-2)37-33-29-26-23-20-18-19-21-24-27-30-34-38-41(43)44/h5,7,10-11,13-14,40H,3-4,6,8-9,12,15-39H2,1-2H3,(H,43,44)/b7-5-,11-10-,14-13-. The fourth-order valence-electron chi connectivity index (χ4n) is 5.96. The molecule has 0 aromatic heterocycles. The molecule has 0 aliphatic heterocycles. The van der Waals surface area contributed by atoms with Gasteiger partial charge >= 0.3 is 11.9 Å². The highest BCUT2D eigenvalue weighted by Gasteiger charge is 2.14. The number of rotatable bonds is 36. The molecule has 0 amide bonds. The third kappa shape index (κ3) is 36.6. The zero-order chi connectivity index (χ0) is 33.6. The fraction of sp³-hybridized carbons (Fsp3) is 0.810. The molecule has 0 aromatic carbocycles. The number of carbonyl (C=O) groups excluding carboxylic acids is 1. The second-order valence-corrected chi connectivity index (χ2v) is 13.4. The molecule has 0 aromatic rings. The molecule has 0 radical (unpaired) electrons. The highest BCUT2D eigenvalue weighted by atomic mass is 16.5. The number of unbranched alkanes of at least 4 members (excludes halogenated alkanes) is 21. The number of hydrogen-bond acceptors (Lipinski definition) is 3. The van der Waals surface area contributed by atoms with Crippen molar-refractivity contribution >= 4 is 11.9 Å². The summed E-state index contributed by atoms with van der Waals surface area (Å²) >= 11 is 0. The maximum Gasteiger partial charge on any atom is 0.306 e. The number of ether oxygens (including phenoxy) is 1. The summed E-state index contributed by atoms with van der Waals surface area (Å²) in [5.74, 6) is -0.641. The van der Waals surface area contributed by atoms with Crippen LogP contribution in [0.15, 0.2) is 36.5 Å². The van der Waals surface area contributed by atoms with Crippen molar-refractivity contribution in [2.75, 3.05) is 0 Å². The first-order valence-corrected chi connectivity index (χ1v) is 20.0. The Bertz CT molecular complexity index is 738. The van der Waals surface area contributed by atoms with Crippen LogP contribution in [0.4, 0.5) is 0 Å². The summed E-state index contributed by atoms with van der Waals surface area (Å²) < 4.78 is 6.00. The van der Waals surface area contributed by atoms with Crippen molar-refractivity contribution in [3.05, 3.63) is 36.5 Å². The summed E-state index contributed by atoms with van der Waals surface area (Å²) in [7, 11) is 0. The van der Waals surface area contributed by atoms with Crippen LogP contribution in [0.2, 0.25) is 0 Å². The van der Waals surface area contributed by atoms with E-state index in [1.165, 1.54) is 128 Å². The second-order valence-electron chi connectivity index (χ2n) is 13.4. The number of hydrogen-bond donors (Lipinski definition) is 1. The number of aliphatic carboxylic acids is 1. The van der Waals surface area contributed by atoms with Gasteiger partial charge in [-0.1, -0.05) is 166 Å². The Kier molecular flexibility index (Phi) is 36.1. The van der Waals surface area contributed by atoms with E-state index in [0.29, 0.717) is 12.8 Å². The first-order valence-electron chi connectivity index (χ1n) is 20.0. The van der Waals surface area contributed by atoms with Gasteiger partial charge in [0.25, 0.3) is 0 Å². The Hall–Kier alpha value is -1.84. The molecule has 0 aliphatic rings. The molecule has 0 heterocycles. The molecule has 0 spiro atoms. The summed E-state index contributed by atoms with van der Waals surface area (Å²) in [6, 6.07) is 0. The molecule has 268 valence electrons. The molecular weight excluding hydrogens is 568 g/mol. The zero-order valence-electron chi connectivity index (χ0n) is 30.6. The minimum Gasteiger partial charge on any atom is -0.481 e. The molecule has 1 unspecified atom stereocenters. The number of carbonyl (C=O) groups is 2. The molecule has 0 bridgehead atoms. The van der Waals surface area contributed by atoms with Gasteiger partial charge in [-0.05, 0) is 70.6 Å². The first kappa shape index (κ1) is 44.2. The molecule has 0 aliphatic carbocycles. The number of esters is 1. The van der Waals surface area contributed by atoms with Gasteiger partial charge in [-0.3, -0.25) is 9.59 Å². The number of allylic oxidation sites excluding steroid dienone is 6. The summed E-state index contributed by atoms with van der Waals surface area (Å²) in [6.07, 6.45) is 49.1. The van der Waals surface area contributed by atoms with Crippen LogP contribution in [-0.2, 0) is 14.3 Å². The molecule has 1 N–H and O–H groups in total. The van der Waals surface area contributed by atoms with Gasteiger partial charge in [0, 0.05) is 12.8 Å². The molecule has 0 rings (SSSR count). The van der Waals surface area contributed by atoms with Crippen molar-refractivity contribution in [2.45, 2.75) is 219 Å². The Balaban J connectivity index is 3.81. The van der Waals surface area contributed by atoms with Crippen molar-refractivity contribution in [3.8, 4) is 0 Å². The van der Waals surface area contributed by atoms with Crippen LogP contribution in [0.3, 0.4) is 0 Å². The number of carboxylic acids is 1.